The predicted molar refractivity (Wildman–Crippen MR) is 229 cm³/mol. The van der Waals surface area contributed by atoms with Gasteiger partial charge in [0, 0.05) is 50.9 Å². The summed E-state index contributed by atoms with van der Waals surface area (Å²) < 4.78 is 0. The van der Waals surface area contributed by atoms with Crippen LogP contribution in [0.4, 0.5) is 45.5 Å². The van der Waals surface area contributed by atoms with Crippen molar-refractivity contribution in [3.05, 3.63) is 217 Å². The Bertz CT molecular complexity index is 2250. The van der Waals surface area contributed by atoms with E-state index in [1.165, 1.54) is 33.4 Å². The van der Waals surface area contributed by atoms with Crippen LogP contribution in [0.15, 0.2) is 206 Å². The third-order valence-corrected chi connectivity index (χ3v) is 10.6. The summed E-state index contributed by atoms with van der Waals surface area (Å²) in [5.41, 5.74) is 16.3. The van der Waals surface area contributed by atoms with Crippen LogP contribution in [-0.4, -0.2) is 0 Å². The third-order valence-electron chi connectivity index (χ3n) is 10.6. The minimum Gasteiger partial charge on any atom is -0.355 e. The molecule has 1 aliphatic rings. The van der Waals surface area contributed by atoms with Gasteiger partial charge in [-0.05, 0) is 130 Å². The first-order chi connectivity index (χ1) is 26.5. The molecule has 9 rings (SSSR count). The van der Waals surface area contributed by atoms with E-state index in [1.807, 2.05) is 0 Å². The minimum absolute atomic E-state index is 0.212. The van der Waals surface area contributed by atoms with Crippen molar-refractivity contribution < 1.29 is 0 Å². The summed E-state index contributed by atoms with van der Waals surface area (Å²) in [6.07, 6.45) is 0. The Morgan fingerprint density at radius 3 is 0.907 bits per heavy atom. The molecule has 0 aliphatic carbocycles. The van der Waals surface area contributed by atoms with Gasteiger partial charge in [-0.3, -0.25) is 0 Å². The normalized spacial score (nSPS) is 12.6. The summed E-state index contributed by atoms with van der Waals surface area (Å²) in [4.78, 5) is 4.60. The SMILES string of the molecule is CC1(C)c2cc(-c3ccc(N(c4ccccc4)c4ccccc4)cc3)ccc2Nc2ccc(-c3ccc(N(c4ccccc4)c4ccccc4)cc3)cc21. The van der Waals surface area contributed by atoms with Crippen LogP contribution in [-0.2, 0) is 5.41 Å². The molecule has 0 bridgehead atoms. The second-order valence-corrected chi connectivity index (χ2v) is 14.4. The van der Waals surface area contributed by atoms with Crippen molar-refractivity contribution in [2.45, 2.75) is 19.3 Å². The molecule has 0 aromatic heterocycles. The number of anilines is 8. The molecule has 0 spiro atoms. The van der Waals surface area contributed by atoms with Crippen molar-refractivity contribution in [2.24, 2.45) is 0 Å². The Morgan fingerprint density at radius 2 is 0.593 bits per heavy atom. The molecule has 1 aliphatic heterocycles. The van der Waals surface area contributed by atoms with Crippen LogP contribution >= 0.6 is 0 Å². The zero-order chi connectivity index (χ0) is 36.5. The van der Waals surface area contributed by atoms with E-state index < -0.39 is 0 Å². The van der Waals surface area contributed by atoms with Gasteiger partial charge in [0.25, 0.3) is 0 Å². The minimum atomic E-state index is -0.212. The zero-order valence-corrected chi connectivity index (χ0v) is 30.5. The maximum Gasteiger partial charge on any atom is 0.0462 e. The summed E-state index contributed by atoms with van der Waals surface area (Å²) in [5.74, 6) is 0. The lowest BCUT2D eigenvalue weighted by atomic mass is 9.73. The van der Waals surface area contributed by atoms with E-state index in [-0.39, 0.29) is 5.41 Å². The van der Waals surface area contributed by atoms with Crippen molar-refractivity contribution in [3.8, 4) is 22.3 Å². The quantitative estimate of drug-likeness (QED) is 0.171. The van der Waals surface area contributed by atoms with E-state index in [0.717, 1.165) is 45.5 Å². The van der Waals surface area contributed by atoms with Crippen LogP contribution in [0.25, 0.3) is 22.3 Å². The molecule has 0 saturated heterocycles. The third kappa shape index (κ3) is 6.20. The number of hydrogen-bond donors (Lipinski definition) is 1. The summed E-state index contributed by atoms with van der Waals surface area (Å²) >= 11 is 0. The molecule has 54 heavy (non-hydrogen) atoms. The van der Waals surface area contributed by atoms with Crippen molar-refractivity contribution in [3.63, 3.8) is 0 Å². The van der Waals surface area contributed by atoms with Crippen molar-refractivity contribution >= 4 is 45.5 Å². The van der Waals surface area contributed by atoms with E-state index in [4.69, 9.17) is 0 Å². The lowest BCUT2D eigenvalue weighted by Gasteiger charge is -2.36. The number of benzene rings is 8. The van der Waals surface area contributed by atoms with Crippen molar-refractivity contribution in [1.82, 2.24) is 0 Å². The Labute approximate surface area is 318 Å². The van der Waals surface area contributed by atoms with Gasteiger partial charge in [0.05, 0.1) is 0 Å². The standard InChI is InChI=1S/C51H41N3/c1-51(2)47-35-39(37-23-29-45(30-24-37)53(41-15-7-3-8-16-41)42-17-9-4-10-18-42)27-33-49(47)52-50-34-28-40(36-48(50)51)38-25-31-46(32-26-38)54(43-19-11-5-12-20-43)44-21-13-6-14-22-44/h3-36,52H,1-2H3. The molecule has 260 valence electrons. The molecule has 8 aromatic carbocycles. The van der Waals surface area contributed by atoms with Gasteiger partial charge in [-0.25, -0.2) is 0 Å². The smallest absolute Gasteiger partial charge is 0.0462 e. The van der Waals surface area contributed by atoms with Gasteiger partial charge in [-0.15, -0.1) is 0 Å². The van der Waals surface area contributed by atoms with Crippen LogP contribution in [0.2, 0.25) is 0 Å². The summed E-state index contributed by atoms with van der Waals surface area (Å²) in [7, 11) is 0. The topological polar surface area (TPSA) is 18.5 Å². The van der Waals surface area contributed by atoms with Crippen LogP contribution in [0.1, 0.15) is 25.0 Å². The first-order valence-corrected chi connectivity index (χ1v) is 18.6. The summed E-state index contributed by atoms with van der Waals surface area (Å²) in [5, 5.41) is 3.76. The van der Waals surface area contributed by atoms with Gasteiger partial charge < -0.3 is 15.1 Å². The monoisotopic (exact) mass is 695 g/mol. The van der Waals surface area contributed by atoms with Crippen LogP contribution in [0, 0.1) is 0 Å². The van der Waals surface area contributed by atoms with Gasteiger partial charge in [-0.2, -0.15) is 0 Å². The van der Waals surface area contributed by atoms with E-state index >= 15 is 0 Å². The van der Waals surface area contributed by atoms with Crippen LogP contribution in [0.5, 0.6) is 0 Å². The Kier molecular flexibility index (Phi) is 8.53. The van der Waals surface area contributed by atoms with Gasteiger partial charge in [0.2, 0.25) is 0 Å². The molecular formula is C51H41N3. The molecule has 0 atom stereocenters. The molecule has 1 heterocycles. The lowest BCUT2D eigenvalue weighted by Crippen LogP contribution is -2.26. The highest BCUT2D eigenvalue weighted by Crippen LogP contribution is 2.48. The molecule has 8 aromatic rings. The Morgan fingerprint density at radius 1 is 0.315 bits per heavy atom. The summed E-state index contributed by atoms with van der Waals surface area (Å²) in [6, 6.07) is 73.8. The fourth-order valence-corrected chi connectivity index (χ4v) is 7.80. The number of rotatable bonds is 8. The largest absolute Gasteiger partial charge is 0.355 e. The number of nitrogens with zero attached hydrogens (tertiary/aromatic N) is 2. The number of hydrogen-bond acceptors (Lipinski definition) is 3. The lowest BCUT2D eigenvalue weighted by molar-refractivity contribution is 0.638. The fraction of sp³-hybridized carbons (Fsp3) is 0.0588. The molecule has 0 fully saturated rings. The Balaban J connectivity index is 1.01. The fourth-order valence-electron chi connectivity index (χ4n) is 7.80. The molecule has 0 saturated carbocycles. The number of para-hydroxylation sites is 4. The highest BCUT2D eigenvalue weighted by molar-refractivity contribution is 5.84. The molecule has 3 heteroatoms. The molecule has 0 radical (unpaired) electrons. The van der Waals surface area contributed by atoms with E-state index in [1.54, 1.807) is 0 Å². The van der Waals surface area contributed by atoms with E-state index in [9.17, 15) is 0 Å². The number of fused-ring (bicyclic) bond motifs is 2. The van der Waals surface area contributed by atoms with Crippen molar-refractivity contribution in [2.75, 3.05) is 15.1 Å². The highest BCUT2D eigenvalue weighted by Gasteiger charge is 2.33. The molecule has 0 amide bonds. The molecule has 3 nitrogen and oxygen atoms in total. The second kappa shape index (κ2) is 13.9. The van der Waals surface area contributed by atoms with Crippen molar-refractivity contribution in [1.29, 1.82) is 0 Å². The maximum absolute atomic E-state index is 3.76. The zero-order valence-electron chi connectivity index (χ0n) is 30.5. The first kappa shape index (κ1) is 33.0. The van der Waals surface area contributed by atoms with Gasteiger partial charge in [0.15, 0.2) is 0 Å². The second-order valence-electron chi connectivity index (χ2n) is 14.4. The first-order valence-electron chi connectivity index (χ1n) is 18.6. The van der Waals surface area contributed by atoms with Crippen LogP contribution in [0.3, 0.4) is 0 Å². The average molecular weight is 696 g/mol. The number of nitrogens with one attached hydrogen (secondary N) is 1. The van der Waals surface area contributed by atoms with E-state index in [2.05, 4.69) is 235 Å². The summed E-state index contributed by atoms with van der Waals surface area (Å²) in [6.45, 7) is 4.70. The van der Waals surface area contributed by atoms with E-state index in [0.29, 0.717) is 0 Å². The van der Waals surface area contributed by atoms with Gasteiger partial charge >= 0.3 is 0 Å². The molecule has 1 N–H and O–H groups in total. The average Bonchev–Trinajstić information content (AvgIpc) is 3.23. The van der Waals surface area contributed by atoms with Gasteiger partial charge in [0.1, 0.15) is 0 Å². The highest BCUT2D eigenvalue weighted by atomic mass is 15.1. The maximum atomic E-state index is 3.76. The van der Waals surface area contributed by atoms with Crippen LogP contribution < -0.4 is 15.1 Å². The molecule has 0 unspecified atom stereocenters. The van der Waals surface area contributed by atoms with Gasteiger partial charge in [-0.1, -0.05) is 123 Å². The predicted octanol–water partition coefficient (Wildman–Crippen LogP) is 14.3. The molecular weight excluding hydrogens is 655 g/mol. The Hall–Kier alpha value is -6.84.